The molecule has 1 aliphatic carbocycles. The van der Waals surface area contributed by atoms with Crippen LogP contribution in [0.2, 0.25) is 0 Å². The summed E-state index contributed by atoms with van der Waals surface area (Å²) in [6, 6.07) is 20.6. The normalized spacial score (nSPS) is 18.1. The van der Waals surface area contributed by atoms with Gasteiger partial charge in [-0.25, -0.2) is 0 Å². The summed E-state index contributed by atoms with van der Waals surface area (Å²) in [6.07, 6.45) is 3.31. The molecular weight excluding hydrogens is 438 g/mol. The van der Waals surface area contributed by atoms with Gasteiger partial charge in [-0.3, -0.25) is 14.5 Å². The van der Waals surface area contributed by atoms with Gasteiger partial charge in [-0.1, -0.05) is 73.5 Å². The van der Waals surface area contributed by atoms with E-state index >= 15 is 0 Å². The van der Waals surface area contributed by atoms with E-state index in [1.165, 1.54) is 0 Å². The van der Waals surface area contributed by atoms with E-state index < -0.39 is 22.9 Å². The number of ether oxygens (including phenoxy) is 1. The van der Waals surface area contributed by atoms with Gasteiger partial charge < -0.3 is 9.84 Å². The fourth-order valence-electron chi connectivity index (χ4n) is 5.39. The van der Waals surface area contributed by atoms with Crippen molar-refractivity contribution < 1.29 is 19.4 Å². The third-order valence-corrected chi connectivity index (χ3v) is 7.38. The van der Waals surface area contributed by atoms with Gasteiger partial charge in [-0.2, -0.15) is 0 Å². The predicted octanol–water partition coefficient (Wildman–Crippen LogP) is 6.80. The highest BCUT2D eigenvalue weighted by molar-refractivity contribution is 5.78. The molecular formula is C30H41NO4. The summed E-state index contributed by atoms with van der Waals surface area (Å²) in [5, 5.41) is 10.2. The number of carboxylic acid groups (broad SMARTS) is 1. The lowest BCUT2D eigenvalue weighted by Gasteiger charge is -2.39. The fourth-order valence-corrected chi connectivity index (χ4v) is 5.39. The number of aliphatic carboxylic acids is 1. The molecule has 5 heteroatoms. The second kappa shape index (κ2) is 11.4. The molecule has 190 valence electrons. The smallest absolute Gasteiger partial charge is 0.310 e. The molecule has 0 bridgehead atoms. The maximum absolute atomic E-state index is 13.5. The molecule has 0 amide bonds. The topological polar surface area (TPSA) is 66.8 Å². The number of carbonyl (C=O) groups is 2. The number of nitrogens with zero attached hydrogens (tertiary/aromatic N) is 1. The standard InChI is InChI=1S/C30H41NO4/c1-22(24-14-8-6-9-15-24)31(23(2)25-16-10-7-11-17-25)21-26(27(32)35-29(3,4)5)20-30(28(33)34)18-12-13-19-30/h6-11,14-17,22-23,26H,12-13,18-21H2,1-5H3,(H,33,34)/t22-,23-,26+/m0/s1. The zero-order chi connectivity index (χ0) is 25.6. The second-order valence-electron chi connectivity index (χ2n) is 11.1. The van der Waals surface area contributed by atoms with Crippen LogP contribution in [0.15, 0.2) is 60.7 Å². The van der Waals surface area contributed by atoms with Crippen molar-refractivity contribution in [2.75, 3.05) is 6.54 Å². The lowest BCUT2D eigenvalue weighted by Crippen LogP contribution is -2.43. The zero-order valence-corrected chi connectivity index (χ0v) is 21.9. The molecule has 2 aromatic carbocycles. The number of esters is 1. The van der Waals surface area contributed by atoms with E-state index in [1.54, 1.807) is 0 Å². The van der Waals surface area contributed by atoms with Crippen LogP contribution >= 0.6 is 0 Å². The van der Waals surface area contributed by atoms with E-state index in [2.05, 4.69) is 43.0 Å². The first kappa shape index (κ1) is 26.9. The molecule has 0 spiro atoms. The molecule has 3 rings (SSSR count). The number of hydrogen-bond acceptors (Lipinski definition) is 4. The molecule has 2 aromatic rings. The largest absolute Gasteiger partial charge is 0.481 e. The van der Waals surface area contributed by atoms with Gasteiger partial charge in [0.15, 0.2) is 0 Å². The average molecular weight is 480 g/mol. The third-order valence-electron chi connectivity index (χ3n) is 7.38. The van der Waals surface area contributed by atoms with Gasteiger partial charge >= 0.3 is 11.9 Å². The summed E-state index contributed by atoms with van der Waals surface area (Å²) in [4.78, 5) is 28.2. The molecule has 0 heterocycles. The fraction of sp³-hybridized carbons (Fsp3) is 0.533. The molecule has 0 aromatic heterocycles. The minimum absolute atomic E-state index is 0.0284. The highest BCUT2D eigenvalue weighted by Gasteiger charge is 2.46. The number of carbonyl (C=O) groups excluding carboxylic acids is 1. The molecule has 1 N–H and O–H groups in total. The Balaban J connectivity index is 1.98. The minimum Gasteiger partial charge on any atom is -0.481 e. The van der Waals surface area contributed by atoms with Crippen LogP contribution in [0.4, 0.5) is 0 Å². The summed E-state index contributed by atoms with van der Waals surface area (Å²) < 4.78 is 5.85. The van der Waals surface area contributed by atoms with Crippen LogP contribution in [-0.2, 0) is 14.3 Å². The van der Waals surface area contributed by atoms with Gasteiger partial charge in [0.25, 0.3) is 0 Å². The molecule has 1 fully saturated rings. The number of hydrogen-bond donors (Lipinski definition) is 1. The summed E-state index contributed by atoms with van der Waals surface area (Å²) in [5.74, 6) is -1.64. The lowest BCUT2D eigenvalue weighted by molar-refractivity contribution is -0.164. The maximum atomic E-state index is 13.5. The highest BCUT2D eigenvalue weighted by Crippen LogP contribution is 2.45. The van der Waals surface area contributed by atoms with Crippen molar-refractivity contribution in [2.24, 2.45) is 11.3 Å². The van der Waals surface area contributed by atoms with Crippen molar-refractivity contribution in [3.05, 3.63) is 71.8 Å². The zero-order valence-electron chi connectivity index (χ0n) is 21.9. The van der Waals surface area contributed by atoms with E-state index in [0.29, 0.717) is 25.8 Å². The van der Waals surface area contributed by atoms with Gasteiger partial charge in [0.1, 0.15) is 5.60 Å². The first-order chi connectivity index (χ1) is 16.5. The molecule has 35 heavy (non-hydrogen) atoms. The quantitative estimate of drug-likeness (QED) is 0.379. The summed E-state index contributed by atoms with van der Waals surface area (Å²) in [7, 11) is 0. The molecule has 5 nitrogen and oxygen atoms in total. The minimum atomic E-state index is -0.862. The van der Waals surface area contributed by atoms with E-state index in [0.717, 1.165) is 24.0 Å². The Hall–Kier alpha value is -2.66. The molecule has 0 unspecified atom stereocenters. The van der Waals surface area contributed by atoms with Crippen LogP contribution in [0.5, 0.6) is 0 Å². The number of rotatable bonds is 10. The molecule has 0 aliphatic heterocycles. The Kier molecular flexibility index (Phi) is 8.76. The Morgan fingerprint density at radius 1 is 0.914 bits per heavy atom. The SMILES string of the molecule is C[C@@H](c1ccccc1)N(C[C@@H](CC1(C(=O)O)CCCC1)C(=O)OC(C)(C)C)[C@@H](C)c1ccccc1. The Morgan fingerprint density at radius 2 is 1.37 bits per heavy atom. The predicted molar refractivity (Wildman–Crippen MR) is 139 cm³/mol. The Bertz CT molecular complexity index is 915. The number of carboxylic acids is 1. The average Bonchev–Trinajstić information content (AvgIpc) is 3.31. The Labute approximate surface area is 210 Å². The van der Waals surface area contributed by atoms with Gasteiger partial charge in [0.2, 0.25) is 0 Å². The summed E-state index contributed by atoms with van der Waals surface area (Å²) >= 11 is 0. The molecule has 0 radical (unpaired) electrons. The number of benzene rings is 2. The van der Waals surface area contributed by atoms with Crippen LogP contribution in [0, 0.1) is 11.3 Å². The van der Waals surface area contributed by atoms with Crippen molar-refractivity contribution in [3.8, 4) is 0 Å². The monoisotopic (exact) mass is 479 g/mol. The van der Waals surface area contributed by atoms with Crippen LogP contribution in [0.3, 0.4) is 0 Å². The molecule has 0 saturated heterocycles. The van der Waals surface area contributed by atoms with Crippen LogP contribution < -0.4 is 0 Å². The van der Waals surface area contributed by atoms with Crippen molar-refractivity contribution in [1.82, 2.24) is 4.90 Å². The lowest BCUT2D eigenvalue weighted by atomic mass is 9.77. The van der Waals surface area contributed by atoms with Gasteiger partial charge in [0, 0.05) is 18.6 Å². The summed E-state index contributed by atoms with van der Waals surface area (Å²) in [5.41, 5.74) is 0.820. The van der Waals surface area contributed by atoms with Crippen molar-refractivity contribution in [2.45, 2.75) is 84.4 Å². The van der Waals surface area contributed by atoms with Crippen LogP contribution in [-0.4, -0.2) is 34.1 Å². The second-order valence-corrected chi connectivity index (χ2v) is 11.1. The van der Waals surface area contributed by atoms with Crippen molar-refractivity contribution in [3.63, 3.8) is 0 Å². The van der Waals surface area contributed by atoms with E-state index in [-0.39, 0.29) is 18.1 Å². The highest BCUT2D eigenvalue weighted by atomic mass is 16.6. The van der Waals surface area contributed by atoms with Gasteiger partial charge in [-0.05, 0) is 65.0 Å². The van der Waals surface area contributed by atoms with Gasteiger partial charge in [-0.15, -0.1) is 0 Å². The Morgan fingerprint density at radius 3 is 1.77 bits per heavy atom. The first-order valence-electron chi connectivity index (χ1n) is 12.8. The molecule has 3 atom stereocenters. The van der Waals surface area contributed by atoms with E-state index in [1.807, 2.05) is 57.2 Å². The molecule has 1 aliphatic rings. The van der Waals surface area contributed by atoms with E-state index in [4.69, 9.17) is 4.74 Å². The maximum Gasteiger partial charge on any atom is 0.310 e. The third kappa shape index (κ3) is 6.94. The van der Waals surface area contributed by atoms with Crippen molar-refractivity contribution >= 4 is 11.9 Å². The van der Waals surface area contributed by atoms with Crippen LogP contribution in [0.1, 0.15) is 89.9 Å². The van der Waals surface area contributed by atoms with Crippen molar-refractivity contribution in [1.29, 1.82) is 0 Å². The summed E-state index contributed by atoms with van der Waals surface area (Å²) in [6.45, 7) is 10.3. The first-order valence-corrected chi connectivity index (χ1v) is 12.8. The molecule has 1 saturated carbocycles. The van der Waals surface area contributed by atoms with Crippen LogP contribution in [0.25, 0.3) is 0 Å². The van der Waals surface area contributed by atoms with Gasteiger partial charge in [0.05, 0.1) is 11.3 Å². The van der Waals surface area contributed by atoms with E-state index in [9.17, 15) is 14.7 Å².